The molecule has 0 saturated heterocycles. The molecule has 0 aromatic heterocycles. The molecule has 2 atom stereocenters. The molecule has 2 rings (SSSR count). The van der Waals surface area contributed by atoms with Gasteiger partial charge in [0.1, 0.15) is 12.6 Å². The molecule has 0 spiro atoms. The Hall–Kier alpha value is -3.22. The molecule has 0 bridgehead atoms. The summed E-state index contributed by atoms with van der Waals surface area (Å²) in [4.78, 5) is 50.3. The molecule has 0 fully saturated rings. The predicted octanol–water partition coefficient (Wildman–Crippen LogP) is 5.54. The van der Waals surface area contributed by atoms with Crippen LogP contribution in [0.25, 0.3) is 6.08 Å². The molecule has 0 aliphatic rings. The van der Waals surface area contributed by atoms with Gasteiger partial charge in [-0.25, -0.2) is 0 Å². The van der Waals surface area contributed by atoms with Gasteiger partial charge in [-0.05, 0) is 47.4 Å². The van der Waals surface area contributed by atoms with E-state index in [-0.39, 0.29) is 20.6 Å². The van der Waals surface area contributed by atoms with Crippen LogP contribution >= 0.6 is 34.8 Å². The topological polar surface area (TPSA) is 104 Å². The number of carbonyl (C=O) groups excluding carboxylic acids is 4. The monoisotopic (exact) mass is 641 g/mol. The number of alkyl halides is 5. The largest absolute Gasteiger partial charge is 0.405 e. The lowest BCUT2D eigenvalue weighted by atomic mass is 9.94. The second kappa shape index (κ2) is 14.1. The molecular weight excluding hydrogens is 620 g/mol. The highest BCUT2D eigenvalue weighted by Crippen LogP contribution is 2.25. The number of hydrogen-bond acceptors (Lipinski definition) is 4. The average Bonchev–Trinajstić information content (AvgIpc) is 2.89. The first-order chi connectivity index (χ1) is 18.9. The van der Waals surface area contributed by atoms with E-state index in [0.29, 0.717) is 5.56 Å². The van der Waals surface area contributed by atoms with E-state index in [1.807, 2.05) is 0 Å². The van der Waals surface area contributed by atoms with E-state index >= 15 is 0 Å². The summed E-state index contributed by atoms with van der Waals surface area (Å²) in [6.45, 7) is 0.443. The van der Waals surface area contributed by atoms with Crippen molar-refractivity contribution in [2.45, 2.75) is 38.0 Å². The average molecular weight is 643 g/mol. The minimum atomic E-state index is -5.00. The number of Topliss-reactive ketones (excluding diaryl/α,β-unsaturated/α-hetero) is 1. The van der Waals surface area contributed by atoms with Crippen molar-refractivity contribution in [3.05, 3.63) is 74.7 Å². The fourth-order valence-electron chi connectivity index (χ4n) is 3.30. The zero-order valence-corrected chi connectivity index (χ0v) is 23.6. The number of benzene rings is 2. The Balaban J connectivity index is 2.30. The lowest BCUT2D eigenvalue weighted by Gasteiger charge is -2.27. The van der Waals surface area contributed by atoms with E-state index in [1.165, 1.54) is 56.3 Å². The molecule has 2 aromatic rings. The summed E-state index contributed by atoms with van der Waals surface area (Å²) < 4.78 is 66.2. The van der Waals surface area contributed by atoms with E-state index in [2.05, 4.69) is 10.6 Å². The van der Waals surface area contributed by atoms with Crippen molar-refractivity contribution in [1.82, 2.24) is 16.0 Å². The normalized spacial score (nSPS) is 13.5. The van der Waals surface area contributed by atoms with Crippen LogP contribution in [0.15, 0.2) is 48.5 Å². The van der Waals surface area contributed by atoms with Crippen LogP contribution < -0.4 is 16.0 Å². The molecule has 0 radical (unpaired) electrons. The molecule has 0 aliphatic heterocycles. The predicted molar refractivity (Wildman–Crippen MR) is 144 cm³/mol. The van der Waals surface area contributed by atoms with Gasteiger partial charge < -0.3 is 16.0 Å². The highest BCUT2D eigenvalue weighted by atomic mass is 35.5. The smallest absolute Gasteiger partial charge is 0.344 e. The summed E-state index contributed by atoms with van der Waals surface area (Å²) in [7, 11) is 0. The van der Waals surface area contributed by atoms with Gasteiger partial charge in [-0.2, -0.15) is 22.0 Å². The third-order valence-corrected chi connectivity index (χ3v) is 6.40. The third-order valence-electron chi connectivity index (χ3n) is 5.41. The van der Waals surface area contributed by atoms with Crippen LogP contribution in [-0.2, 0) is 19.2 Å². The van der Waals surface area contributed by atoms with E-state index < -0.39 is 60.1 Å². The molecule has 0 aliphatic carbocycles. The summed E-state index contributed by atoms with van der Waals surface area (Å²) in [5, 5.41) is 6.22. The van der Waals surface area contributed by atoms with Gasteiger partial charge in [-0.3, -0.25) is 19.2 Å². The lowest BCUT2D eigenvalue weighted by molar-refractivity contribution is -0.165. The van der Waals surface area contributed by atoms with Crippen LogP contribution in [0, 0.1) is 5.92 Å². The molecule has 2 aromatic carbocycles. The second-order valence-corrected chi connectivity index (χ2v) is 10.2. The van der Waals surface area contributed by atoms with Crippen molar-refractivity contribution in [3.63, 3.8) is 0 Å². The Morgan fingerprint density at radius 3 is 2.02 bits per heavy atom. The maximum absolute atomic E-state index is 14.5. The molecule has 0 unspecified atom stereocenters. The Morgan fingerprint density at radius 1 is 0.878 bits per heavy atom. The summed E-state index contributed by atoms with van der Waals surface area (Å²) >= 11 is 17.7. The van der Waals surface area contributed by atoms with E-state index in [0.717, 1.165) is 11.4 Å². The van der Waals surface area contributed by atoms with Gasteiger partial charge in [0.15, 0.2) is 0 Å². The molecule has 3 N–H and O–H groups in total. The van der Waals surface area contributed by atoms with E-state index in [4.69, 9.17) is 34.8 Å². The molecule has 41 heavy (non-hydrogen) atoms. The lowest BCUT2D eigenvalue weighted by Crippen LogP contribution is -2.58. The minimum absolute atomic E-state index is 0.146. The van der Waals surface area contributed by atoms with Crippen molar-refractivity contribution < 1.29 is 41.1 Å². The van der Waals surface area contributed by atoms with Crippen molar-refractivity contribution in [2.24, 2.45) is 5.92 Å². The SMILES string of the molecule is CC(C)[C@H](NC(=O)[C@@H](NC(=O)C=Cc1ccc(Cl)c(Cl)c1)c1ccc(Cl)cc1)C(=O)C(F)(F)C(=O)NCC(F)(F)F. The van der Waals surface area contributed by atoms with Crippen molar-refractivity contribution in [3.8, 4) is 0 Å². The fraction of sp³-hybridized carbons (Fsp3) is 0.308. The number of amides is 3. The van der Waals surface area contributed by atoms with Gasteiger partial charge in [0, 0.05) is 11.1 Å². The van der Waals surface area contributed by atoms with Gasteiger partial charge >= 0.3 is 12.1 Å². The first-order valence-corrected chi connectivity index (χ1v) is 12.8. The molecule has 0 heterocycles. The van der Waals surface area contributed by atoms with Gasteiger partial charge in [-0.1, -0.05) is 66.8 Å². The quantitative estimate of drug-likeness (QED) is 0.170. The number of ketones is 1. The summed E-state index contributed by atoms with van der Waals surface area (Å²) in [6.07, 6.45) is -2.59. The van der Waals surface area contributed by atoms with Gasteiger partial charge in [0.2, 0.25) is 17.6 Å². The van der Waals surface area contributed by atoms with Crippen LogP contribution in [0.5, 0.6) is 0 Å². The minimum Gasteiger partial charge on any atom is -0.344 e. The zero-order valence-electron chi connectivity index (χ0n) is 21.3. The molecule has 0 saturated carbocycles. The first kappa shape index (κ1) is 34.0. The Bertz CT molecular complexity index is 1320. The summed E-state index contributed by atoms with van der Waals surface area (Å²) in [6, 6.07) is 6.47. The van der Waals surface area contributed by atoms with Crippen LogP contribution in [0.3, 0.4) is 0 Å². The van der Waals surface area contributed by atoms with Gasteiger partial charge in [0.25, 0.3) is 5.91 Å². The maximum Gasteiger partial charge on any atom is 0.405 e. The summed E-state index contributed by atoms with van der Waals surface area (Å²) in [5.41, 5.74) is 0.631. The van der Waals surface area contributed by atoms with Crippen LogP contribution in [0.1, 0.15) is 31.0 Å². The Labute approximate surface area is 246 Å². The molecular formula is C26H23Cl3F5N3O4. The van der Waals surface area contributed by atoms with Gasteiger partial charge in [-0.15, -0.1) is 0 Å². The zero-order chi connectivity index (χ0) is 31.1. The highest BCUT2D eigenvalue weighted by molar-refractivity contribution is 6.42. The molecule has 222 valence electrons. The number of hydrogen-bond donors (Lipinski definition) is 3. The number of carbonyl (C=O) groups is 4. The standard InChI is InChI=1S/C26H23Cl3F5N3O4/c1-13(2)20(22(39)26(33,34)24(41)35-12-25(30,31)32)37-23(40)21(15-5-7-16(27)8-6-15)36-19(38)10-4-14-3-9-17(28)18(29)11-14/h3-11,13,20-21H,12H2,1-2H3,(H,35,41)(H,36,38)(H,37,40)/t20-,21-/m0/s1. The van der Waals surface area contributed by atoms with E-state index in [1.54, 1.807) is 6.07 Å². The van der Waals surface area contributed by atoms with Crippen molar-refractivity contribution in [2.75, 3.05) is 6.54 Å². The Morgan fingerprint density at radius 2 is 1.49 bits per heavy atom. The van der Waals surface area contributed by atoms with Crippen molar-refractivity contribution >= 4 is 64.4 Å². The third kappa shape index (κ3) is 9.98. The molecule has 7 nitrogen and oxygen atoms in total. The second-order valence-electron chi connectivity index (χ2n) is 8.97. The van der Waals surface area contributed by atoms with E-state index in [9.17, 15) is 41.1 Å². The van der Waals surface area contributed by atoms with Gasteiger partial charge in [0.05, 0.1) is 16.1 Å². The van der Waals surface area contributed by atoms with Crippen molar-refractivity contribution in [1.29, 1.82) is 0 Å². The summed E-state index contributed by atoms with van der Waals surface area (Å²) in [5.74, 6) is -12.5. The Kier molecular flexibility index (Phi) is 11.7. The van der Waals surface area contributed by atoms with Crippen LogP contribution in [-0.4, -0.2) is 48.2 Å². The highest BCUT2D eigenvalue weighted by Gasteiger charge is 2.52. The van der Waals surface area contributed by atoms with Crippen LogP contribution in [0.4, 0.5) is 22.0 Å². The molecule has 15 heteroatoms. The fourth-order valence-corrected chi connectivity index (χ4v) is 3.74. The number of nitrogens with one attached hydrogen (secondary N) is 3. The number of rotatable bonds is 11. The van der Waals surface area contributed by atoms with Crippen LogP contribution in [0.2, 0.25) is 15.1 Å². The number of halogens is 8. The maximum atomic E-state index is 14.5. The first-order valence-electron chi connectivity index (χ1n) is 11.7. The molecule has 3 amide bonds.